The van der Waals surface area contributed by atoms with Crippen LogP contribution in [0.4, 0.5) is 4.79 Å². The Morgan fingerprint density at radius 1 is 1.50 bits per heavy atom. The van der Waals surface area contributed by atoms with Crippen molar-refractivity contribution in [3.05, 3.63) is 41.4 Å². The van der Waals surface area contributed by atoms with Crippen LogP contribution in [0.1, 0.15) is 12.5 Å². The quantitative estimate of drug-likeness (QED) is 0.634. The minimum absolute atomic E-state index is 0.261. The van der Waals surface area contributed by atoms with E-state index in [1.165, 1.54) is 0 Å². The topological polar surface area (TPSA) is 76.7 Å². The normalized spacial score (nSPS) is 10.9. The van der Waals surface area contributed by atoms with E-state index in [9.17, 15) is 4.79 Å². The smallest absolute Gasteiger partial charge is 0.332 e. The number of carbonyl (C=O) groups is 1. The first-order valence-electron chi connectivity index (χ1n) is 5.15. The van der Waals surface area contributed by atoms with E-state index in [-0.39, 0.29) is 6.61 Å². The summed E-state index contributed by atoms with van der Waals surface area (Å²) in [5, 5.41) is 4.25. The molecular weight excluding hydrogens is 254 g/mol. The predicted molar refractivity (Wildman–Crippen MR) is 71.9 cm³/mol. The first-order chi connectivity index (χ1) is 8.49. The van der Waals surface area contributed by atoms with Gasteiger partial charge in [0.1, 0.15) is 12.4 Å². The Morgan fingerprint density at radius 3 is 2.61 bits per heavy atom. The third kappa shape index (κ3) is 4.88. The zero-order chi connectivity index (χ0) is 13.5. The fourth-order valence-electron chi connectivity index (χ4n) is 1.16. The lowest BCUT2D eigenvalue weighted by molar-refractivity contribution is 0.249. The molecule has 1 aromatic carbocycles. The van der Waals surface area contributed by atoms with Crippen molar-refractivity contribution < 1.29 is 9.53 Å². The van der Waals surface area contributed by atoms with Crippen molar-refractivity contribution >= 4 is 23.3 Å². The standard InChI is InChI=1S/C12H14ClN3O2/c1-8(13)7-18-11-5-3-10(4-6-11)9(2)15-16-12(14)17/h3-6H,1,7H2,2H3,(H3,14,16,17)/b15-9+. The Balaban J connectivity index is 2.67. The molecule has 0 aromatic heterocycles. The molecule has 6 heteroatoms. The molecule has 5 nitrogen and oxygen atoms in total. The number of rotatable bonds is 5. The number of amides is 2. The van der Waals surface area contributed by atoms with Gasteiger partial charge in [0.05, 0.1) is 5.71 Å². The number of urea groups is 1. The second kappa shape index (κ2) is 6.66. The van der Waals surface area contributed by atoms with E-state index in [1.807, 2.05) is 12.1 Å². The molecule has 0 saturated carbocycles. The summed E-state index contributed by atoms with van der Waals surface area (Å²) < 4.78 is 5.34. The van der Waals surface area contributed by atoms with Gasteiger partial charge in [0.25, 0.3) is 0 Å². The van der Waals surface area contributed by atoms with Crippen molar-refractivity contribution in [3.8, 4) is 5.75 Å². The third-order valence-electron chi connectivity index (χ3n) is 2.00. The Labute approximate surface area is 110 Å². The van der Waals surface area contributed by atoms with E-state index in [0.29, 0.717) is 16.5 Å². The van der Waals surface area contributed by atoms with E-state index in [1.54, 1.807) is 19.1 Å². The molecule has 0 unspecified atom stereocenters. The molecule has 2 amide bonds. The molecule has 0 saturated heterocycles. The molecule has 0 radical (unpaired) electrons. The number of carbonyl (C=O) groups excluding carboxylic acids is 1. The third-order valence-corrected chi connectivity index (χ3v) is 2.11. The number of nitrogens with one attached hydrogen (secondary N) is 1. The summed E-state index contributed by atoms with van der Waals surface area (Å²) >= 11 is 5.59. The average Bonchev–Trinajstić information content (AvgIpc) is 2.34. The Bertz CT molecular complexity index is 469. The Hall–Kier alpha value is -2.01. The van der Waals surface area contributed by atoms with Gasteiger partial charge in [-0.25, -0.2) is 10.2 Å². The van der Waals surface area contributed by atoms with Crippen LogP contribution in [0.5, 0.6) is 5.75 Å². The fraction of sp³-hybridized carbons (Fsp3) is 0.167. The minimum Gasteiger partial charge on any atom is -0.488 e. The molecule has 0 heterocycles. The van der Waals surface area contributed by atoms with Gasteiger partial charge < -0.3 is 10.5 Å². The van der Waals surface area contributed by atoms with Crippen LogP contribution in [0.15, 0.2) is 41.0 Å². The summed E-state index contributed by atoms with van der Waals surface area (Å²) in [5.41, 5.74) is 8.57. The van der Waals surface area contributed by atoms with Crippen LogP contribution in [-0.4, -0.2) is 18.3 Å². The van der Waals surface area contributed by atoms with Gasteiger partial charge in [0, 0.05) is 5.03 Å². The van der Waals surface area contributed by atoms with Crippen molar-refractivity contribution in [2.45, 2.75) is 6.92 Å². The molecule has 0 aliphatic carbocycles. The monoisotopic (exact) mass is 267 g/mol. The summed E-state index contributed by atoms with van der Waals surface area (Å²) in [6.07, 6.45) is 0. The zero-order valence-corrected chi connectivity index (χ0v) is 10.7. The second-order valence-electron chi connectivity index (χ2n) is 3.50. The molecular formula is C12H14ClN3O2. The van der Waals surface area contributed by atoms with Gasteiger partial charge in [-0.15, -0.1) is 0 Å². The number of ether oxygens (including phenoxy) is 1. The number of hydrazone groups is 1. The zero-order valence-electron chi connectivity index (χ0n) is 9.94. The SMILES string of the molecule is C=C(Cl)COc1ccc(/C(C)=N/NC(N)=O)cc1. The number of nitrogens with zero attached hydrogens (tertiary/aromatic N) is 1. The van der Waals surface area contributed by atoms with Crippen molar-refractivity contribution in [2.24, 2.45) is 10.8 Å². The van der Waals surface area contributed by atoms with Gasteiger partial charge in [-0.05, 0) is 36.8 Å². The summed E-state index contributed by atoms with van der Waals surface area (Å²) in [6.45, 7) is 5.54. The summed E-state index contributed by atoms with van der Waals surface area (Å²) in [6, 6.07) is 6.48. The molecule has 1 aromatic rings. The van der Waals surface area contributed by atoms with Gasteiger partial charge in [-0.3, -0.25) is 0 Å². The first kappa shape index (κ1) is 14.1. The van der Waals surface area contributed by atoms with Gasteiger partial charge >= 0.3 is 6.03 Å². The van der Waals surface area contributed by atoms with E-state index in [2.05, 4.69) is 17.1 Å². The number of primary amides is 1. The van der Waals surface area contributed by atoms with Gasteiger partial charge in [0.15, 0.2) is 0 Å². The molecule has 0 atom stereocenters. The van der Waals surface area contributed by atoms with Crippen LogP contribution in [0.2, 0.25) is 0 Å². The Morgan fingerprint density at radius 2 is 2.11 bits per heavy atom. The molecule has 0 aliphatic rings. The lowest BCUT2D eigenvalue weighted by atomic mass is 10.1. The maximum Gasteiger partial charge on any atom is 0.332 e. The molecule has 0 spiro atoms. The molecule has 18 heavy (non-hydrogen) atoms. The highest BCUT2D eigenvalue weighted by atomic mass is 35.5. The number of hydrogen-bond donors (Lipinski definition) is 2. The number of nitrogens with two attached hydrogens (primary N) is 1. The van der Waals surface area contributed by atoms with E-state index in [0.717, 1.165) is 5.56 Å². The summed E-state index contributed by atoms with van der Waals surface area (Å²) in [4.78, 5) is 10.5. The maximum atomic E-state index is 10.5. The molecule has 0 fully saturated rings. The Kier molecular flexibility index (Phi) is 5.20. The van der Waals surface area contributed by atoms with Crippen molar-refractivity contribution in [3.63, 3.8) is 0 Å². The van der Waals surface area contributed by atoms with Crippen molar-refractivity contribution in [1.82, 2.24) is 5.43 Å². The molecule has 0 bridgehead atoms. The largest absolute Gasteiger partial charge is 0.488 e. The van der Waals surface area contributed by atoms with E-state index < -0.39 is 6.03 Å². The summed E-state index contributed by atoms with van der Waals surface area (Å²) in [5.74, 6) is 0.677. The summed E-state index contributed by atoms with van der Waals surface area (Å²) in [7, 11) is 0. The highest BCUT2D eigenvalue weighted by Gasteiger charge is 2.00. The minimum atomic E-state index is -0.699. The molecule has 3 N–H and O–H groups in total. The van der Waals surface area contributed by atoms with Crippen LogP contribution in [0, 0.1) is 0 Å². The van der Waals surface area contributed by atoms with Crippen molar-refractivity contribution in [1.29, 1.82) is 0 Å². The molecule has 1 rings (SSSR count). The van der Waals surface area contributed by atoms with Crippen LogP contribution in [-0.2, 0) is 0 Å². The van der Waals surface area contributed by atoms with E-state index in [4.69, 9.17) is 22.1 Å². The first-order valence-corrected chi connectivity index (χ1v) is 5.53. The number of halogens is 1. The average molecular weight is 268 g/mol. The predicted octanol–water partition coefficient (Wildman–Crippen LogP) is 2.21. The van der Waals surface area contributed by atoms with Crippen LogP contribution >= 0.6 is 11.6 Å². The lowest BCUT2D eigenvalue weighted by Crippen LogP contribution is -2.25. The highest BCUT2D eigenvalue weighted by Crippen LogP contribution is 2.14. The maximum absolute atomic E-state index is 10.5. The van der Waals surface area contributed by atoms with Gasteiger partial charge in [-0.2, -0.15) is 5.10 Å². The van der Waals surface area contributed by atoms with Gasteiger partial charge in [-0.1, -0.05) is 18.2 Å². The lowest BCUT2D eigenvalue weighted by Gasteiger charge is -2.06. The second-order valence-corrected chi connectivity index (χ2v) is 4.04. The number of benzene rings is 1. The number of hydrogen-bond acceptors (Lipinski definition) is 3. The van der Waals surface area contributed by atoms with Crippen LogP contribution in [0.25, 0.3) is 0 Å². The van der Waals surface area contributed by atoms with Gasteiger partial charge in [0.2, 0.25) is 0 Å². The molecule has 96 valence electrons. The van der Waals surface area contributed by atoms with Crippen LogP contribution in [0.3, 0.4) is 0 Å². The fourth-order valence-corrected chi connectivity index (χ4v) is 1.21. The van der Waals surface area contributed by atoms with Crippen LogP contribution < -0.4 is 15.9 Å². The van der Waals surface area contributed by atoms with E-state index >= 15 is 0 Å². The highest BCUT2D eigenvalue weighted by molar-refractivity contribution is 6.29. The molecule has 0 aliphatic heterocycles. The van der Waals surface area contributed by atoms with Crippen molar-refractivity contribution in [2.75, 3.05) is 6.61 Å².